The van der Waals surface area contributed by atoms with Gasteiger partial charge in [-0.15, -0.1) is 11.3 Å². The highest BCUT2D eigenvalue weighted by molar-refractivity contribution is 7.92. The lowest BCUT2D eigenvalue weighted by molar-refractivity contribution is 0.0858. The second-order valence-corrected chi connectivity index (χ2v) is 6.58. The van der Waals surface area contributed by atoms with Crippen molar-refractivity contribution in [3.05, 3.63) is 40.5 Å². The van der Waals surface area contributed by atoms with Gasteiger partial charge in [0, 0.05) is 0 Å². The van der Waals surface area contributed by atoms with Gasteiger partial charge in [-0.2, -0.15) is 0 Å². The molecule has 0 bridgehead atoms. The van der Waals surface area contributed by atoms with E-state index in [2.05, 4.69) is 0 Å². The summed E-state index contributed by atoms with van der Waals surface area (Å²) in [5.41, 5.74) is -1.52. The first-order valence-electron chi connectivity index (χ1n) is 4.61. The highest BCUT2D eigenvalue weighted by atomic mass is 32.2. The van der Waals surface area contributed by atoms with Crippen LogP contribution in [0.5, 0.6) is 0 Å². The number of sulfone groups is 1. The third-order valence-electron chi connectivity index (χ3n) is 2.67. The van der Waals surface area contributed by atoms with Crippen LogP contribution in [0.15, 0.2) is 39.2 Å². The van der Waals surface area contributed by atoms with Crippen molar-refractivity contribution in [2.45, 2.75) is 10.5 Å². The average Bonchev–Trinajstić information content (AvgIpc) is 2.90. The predicted molar refractivity (Wildman–Crippen MR) is 58.1 cm³/mol. The summed E-state index contributed by atoms with van der Waals surface area (Å²) in [6.07, 6.45) is 1.42. The van der Waals surface area contributed by atoms with Crippen molar-refractivity contribution < 1.29 is 17.9 Å². The summed E-state index contributed by atoms with van der Waals surface area (Å²) >= 11 is 1.23. The molecular weight excluding hydrogens is 248 g/mol. The Morgan fingerprint density at radius 1 is 1.44 bits per heavy atom. The van der Waals surface area contributed by atoms with Gasteiger partial charge in [0.1, 0.15) is 5.76 Å². The van der Waals surface area contributed by atoms with E-state index in [0.717, 1.165) is 0 Å². The molecule has 0 saturated carbocycles. The normalized spacial score (nSPS) is 26.8. The van der Waals surface area contributed by atoms with E-state index in [1.165, 1.54) is 23.7 Å². The van der Waals surface area contributed by atoms with Gasteiger partial charge in [0.2, 0.25) is 0 Å². The zero-order valence-electron chi connectivity index (χ0n) is 8.08. The van der Waals surface area contributed by atoms with E-state index in [1.807, 2.05) is 0 Å². The van der Waals surface area contributed by atoms with Crippen molar-refractivity contribution in [2.24, 2.45) is 0 Å². The van der Waals surface area contributed by atoms with E-state index in [9.17, 15) is 13.5 Å². The van der Waals surface area contributed by atoms with Gasteiger partial charge in [0.25, 0.3) is 0 Å². The fourth-order valence-electron chi connectivity index (χ4n) is 1.96. The Labute approximate surface area is 96.1 Å². The first-order valence-corrected chi connectivity index (χ1v) is 7.14. The maximum atomic E-state index is 11.8. The Balaban J connectivity index is 2.29. The highest BCUT2D eigenvalue weighted by Gasteiger charge is 2.50. The molecule has 0 radical (unpaired) electrons. The summed E-state index contributed by atoms with van der Waals surface area (Å²) in [7, 11) is -3.40. The molecule has 84 valence electrons. The Hall–Kier alpha value is -1.11. The van der Waals surface area contributed by atoms with Crippen LogP contribution in [-0.2, 0) is 15.4 Å². The maximum absolute atomic E-state index is 11.8. The van der Waals surface area contributed by atoms with E-state index < -0.39 is 15.4 Å². The van der Waals surface area contributed by atoms with Gasteiger partial charge in [-0.25, -0.2) is 8.42 Å². The molecule has 0 saturated heterocycles. The second kappa shape index (κ2) is 2.97. The number of aliphatic hydroxyl groups is 1. The van der Waals surface area contributed by atoms with Crippen LogP contribution in [0.3, 0.4) is 0 Å². The van der Waals surface area contributed by atoms with Gasteiger partial charge in [0.15, 0.2) is 15.4 Å². The number of hydrogen-bond donors (Lipinski definition) is 1. The molecule has 16 heavy (non-hydrogen) atoms. The van der Waals surface area contributed by atoms with E-state index in [4.69, 9.17) is 4.42 Å². The molecule has 6 heteroatoms. The predicted octanol–water partition coefficient (Wildman–Crippen LogP) is 1.36. The van der Waals surface area contributed by atoms with Crippen LogP contribution in [0.1, 0.15) is 10.6 Å². The molecule has 2 aromatic heterocycles. The van der Waals surface area contributed by atoms with Gasteiger partial charge in [-0.1, -0.05) is 0 Å². The molecule has 0 aromatic carbocycles. The zero-order valence-corrected chi connectivity index (χ0v) is 9.72. The summed E-state index contributed by atoms with van der Waals surface area (Å²) in [4.78, 5) is 0.666. The number of hydrogen-bond acceptors (Lipinski definition) is 5. The summed E-state index contributed by atoms with van der Waals surface area (Å²) < 4.78 is 28.8. The van der Waals surface area contributed by atoms with Crippen LogP contribution < -0.4 is 0 Å². The number of furan rings is 1. The largest absolute Gasteiger partial charge is 0.466 e. The molecule has 0 fully saturated rings. The first kappa shape index (κ1) is 10.1. The number of fused-ring (bicyclic) bond motifs is 1. The van der Waals surface area contributed by atoms with Gasteiger partial charge < -0.3 is 9.52 Å². The van der Waals surface area contributed by atoms with E-state index in [0.29, 0.717) is 4.88 Å². The minimum atomic E-state index is -3.40. The van der Waals surface area contributed by atoms with E-state index in [1.54, 1.807) is 17.5 Å². The fraction of sp³-hybridized carbons (Fsp3) is 0.200. The Morgan fingerprint density at radius 2 is 2.25 bits per heavy atom. The molecule has 1 unspecified atom stereocenters. The van der Waals surface area contributed by atoms with Crippen molar-refractivity contribution in [3.63, 3.8) is 0 Å². The monoisotopic (exact) mass is 256 g/mol. The molecule has 4 nitrogen and oxygen atoms in total. The molecule has 0 amide bonds. The average molecular weight is 256 g/mol. The summed E-state index contributed by atoms with van der Waals surface area (Å²) in [5, 5.41) is 12.1. The molecule has 1 aliphatic heterocycles. The lowest BCUT2D eigenvalue weighted by Crippen LogP contribution is -2.28. The van der Waals surface area contributed by atoms with Gasteiger partial charge in [0.05, 0.1) is 21.8 Å². The fourth-order valence-corrected chi connectivity index (χ4v) is 5.27. The Bertz CT molecular complexity index is 624. The molecule has 1 aliphatic rings. The van der Waals surface area contributed by atoms with E-state index >= 15 is 0 Å². The second-order valence-electron chi connectivity index (χ2n) is 3.71. The smallest absolute Gasteiger partial charge is 0.183 e. The first-order chi connectivity index (χ1) is 7.54. The van der Waals surface area contributed by atoms with Crippen LogP contribution in [-0.4, -0.2) is 19.3 Å². The molecule has 2 aromatic rings. The van der Waals surface area contributed by atoms with Gasteiger partial charge in [-0.05, 0) is 23.6 Å². The zero-order chi connectivity index (χ0) is 11.4. The standard InChI is InChI=1S/C10H8O4S2/c11-10(8-2-1-4-14-8)6-16(12,13)7-3-5-15-9(7)10/h1-5,11H,6H2. The number of rotatable bonds is 1. The van der Waals surface area contributed by atoms with Crippen LogP contribution >= 0.6 is 11.3 Å². The van der Waals surface area contributed by atoms with Crippen molar-refractivity contribution in [1.82, 2.24) is 0 Å². The highest BCUT2D eigenvalue weighted by Crippen LogP contribution is 2.45. The molecular formula is C10H8O4S2. The lowest BCUT2D eigenvalue weighted by Gasteiger charge is -2.17. The molecule has 0 aliphatic carbocycles. The Morgan fingerprint density at radius 3 is 2.94 bits per heavy atom. The lowest BCUT2D eigenvalue weighted by atomic mass is 10.0. The minimum Gasteiger partial charge on any atom is -0.466 e. The van der Waals surface area contributed by atoms with Crippen molar-refractivity contribution in [1.29, 1.82) is 0 Å². The van der Waals surface area contributed by atoms with Crippen LogP contribution in [0.4, 0.5) is 0 Å². The topological polar surface area (TPSA) is 67.5 Å². The number of thiophene rings is 1. The summed E-state index contributed by atoms with van der Waals surface area (Å²) in [6, 6.07) is 4.74. The van der Waals surface area contributed by atoms with Crippen LogP contribution in [0.25, 0.3) is 0 Å². The third kappa shape index (κ3) is 1.15. The van der Waals surface area contributed by atoms with Crippen molar-refractivity contribution >= 4 is 21.2 Å². The third-order valence-corrected chi connectivity index (χ3v) is 5.67. The maximum Gasteiger partial charge on any atom is 0.183 e. The summed E-state index contributed by atoms with van der Waals surface area (Å²) in [6.45, 7) is 0. The van der Waals surface area contributed by atoms with Gasteiger partial charge in [-0.3, -0.25) is 0 Å². The molecule has 0 spiro atoms. The van der Waals surface area contributed by atoms with Crippen molar-refractivity contribution in [3.8, 4) is 0 Å². The summed E-state index contributed by atoms with van der Waals surface area (Å²) in [5.74, 6) is -0.0625. The van der Waals surface area contributed by atoms with Crippen LogP contribution in [0, 0.1) is 0 Å². The van der Waals surface area contributed by atoms with Crippen molar-refractivity contribution in [2.75, 3.05) is 5.75 Å². The molecule has 3 heterocycles. The quantitative estimate of drug-likeness (QED) is 0.836. The minimum absolute atomic E-state index is 0.219. The SMILES string of the molecule is O=S1(=O)CC(O)(c2ccco2)c2sccc21. The Kier molecular flexibility index (Phi) is 1.87. The van der Waals surface area contributed by atoms with E-state index in [-0.39, 0.29) is 16.4 Å². The molecule has 1 atom stereocenters. The molecule has 1 N–H and O–H groups in total. The van der Waals surface area contributed by atoms with Crippen LogP contribution in [0.2, 0.25) is 0 Å². The molecule has 3 rings (SSSR count). The van der Waals surface area contributed by atoms with Gasteiger partial charge >= 0.3 is 0 Å².